The third-order valence-electron chi connectivity index (χ3n) is 5.10. The Bertz CT molecular complexity index is 1000. The minimum Gasteiger partial charge on any atom is -0.487 e. The summed E-state index contributed by atoms with van der Waals surface area (Å²) in [6.07, 6.45) is 0.866. The summed E-state index contributed by atoms with van der Waals surface area (Å²) in [6.45, 7) is 1.43. The molecule has 0 aliphatic carbocycles. The highest BCUT2D eigenvalue weighted by Crippen LogP contribution is 2.27. The number of nitrogens with one attached hydrogen (secondary N) is 1. The maximum atomic E-state index is 13.8. The monoisotopic (exact) mass is 397 g/mol. The van der Waals surface area contributed by atoms with E-state index in [4.69, 9.17) is 4.74 Å². The number of likely N-dealkylation sites (tertiary alicyclic amines) is 1. The van der Waals surface area contributed by atoms with E-state index in [-0.39, 0.29) is 36.5 Å². The second-order valence-corrected chi connectivity index (χ2v) is 7.16. The van der Waals surface area contributed by atoms with Crippen molar-refractivity contribution in [3.05, 3.63) is 83.2 Å². The number of benzene rings is 2. The highest BCUT2D eigenvalue weighted by Gasteiger charge is 2.29. The van der Waals surface area contributed by atoms with Gasteiger partial charge in [-0.15, -0.1) is 0 Å². The Morgan fingerprint density at radius 3 is 2.86 bits per heavy atom. The molecule has 0 radical (unpaired) electrons. The quantitative estimate of drug-likeness (QED) is 0.688. The van der Waals surface area contributed by atoms with E-state index in [1.165, 1.54) is 18.2 Å². The lowest BCUT2D eigenvalue weighted by atomic mass is 10.1. The SMILES string of the molecule is O=C(Cc1ccccc1F)N1CC[C@H](c2cc(COc3cccc(F)c3)[nH]n2)C1. The fourth-order valence-electron chi connectivity index (χ4n) is 3.53. The number of carbonyl (C=O) groups excluding carboxylic acids is 1. The molecular formula is C22H21F2N3O2. The Hall–Kier alpha value is -3.22. The molecule has 1 fully saturated rings. The molecule has 7 heteroatoms. The minimum absolute atomic E-state index is 0.0622. The summed E-state index contributed by atoms with van der Waals surface area (Å²) in [4.78, 5) is 14.3. The van der Waals surface area contributed by atoms with E-state index >= 15 is 0 Å². The van der Waals surface area contributed by atoms with Crippen molar-refractivity contribution in [2.75, 3.05) is 13.1 Å². The van der Waals surface area contributed by atoms with Crippen molar-refractivity contribution >= 4 is 5.91 Å². The maximum Gasteiger partial charge on any atom is 0.227 e. The van der Waals surface area contributed by atoms with Crippen LogP contribution in [0.15, 0.2) is 54.6 Å². The first-order chi connectivity index (χ1) is 14.1. The Kier molecular flexibility index (Phi) is 5.55. The molecule has 1 atom stereocenters. The number of aromatic nitrogens is 2. The highest BCUT2D eigenvalue weighted by atomic mass is 19.1. The van der Waals surface area contributed by atoms with Gasteiger partial charge in [-0.25, -0.2) is 8.78 Å². The van der Waals surface area contributed by atoms with E-state index in [0.717, 1.165) is 17.8 Å². The second-order valence-electron chi connectivity index (χ2n) is 7.16. The van der Waals surface area contributed by atoms with Crippen molar-refractivity contribution in [1.29, 1.82) is 0 Å². The van der Waals surface area contributed by atoms with Gasteiger partial charge in [0.1, 0.15) is 24.0 Å². The van der Waals surface area contributed by atoms with Gasteiger partial charge < -0.3 is 9.64 Å². The number of ether oxygens (including phenoxy) is 1. The number of hydrogen-bond donors (Lipinski definition) is 1. The number of aromatic amines is 1. The molecule has 4 rings (SSSR count). The van der Waals surface area contributed by atoms with Crippen LogP contribution >= 0.6 is 0 Å². The summed E-state index contributed by atoms with van der Waals surface area (Å²) in [6, 6.07) is 14.2. The van der Waals surface area contributed by atoms with Crippen LogP contribution in [0.25, 0.3) is 0 Å². The second kappa shape index (κ2) is 8.43. The summed E-state index contributed by atoms with van der Waals surface area (Å²) in [7, 11) is 0. The Morgan fingerprint density at radius 1 is 1.17 bits per heavy atom. The number of hydrogen-bond acceptors (Lipinski definition) is 3. The molecule has 0 unspecified atom stereocenters. The Balaban J connectivity index is 1.32. The van der Waals surface area contributed by atoms with Crippen LogP contribution in [-0.2, 0) is 17.8 Å². The van der Waals surface area contributed by atoms with E-state index in [1.54, 1.807) is 35.2 Å². The molecule has 150 valence electrons. The molecule has 1 aromatic heterocycles. The van der Waals surface area contributed by atoms with E-state index in [0.29, 0.717) is 24.4 Å². The van der Waals surface area contributed by atoms with Crippen LogP contribution in [0.4, 0.5) is 8.78 Å². The number of carbonyl (C=O) groups is 1. The zero-order chi connectivity index (χ0) is 20.2. The van der Waals surface area contributed by atoms with Crippen LogP contribution in [0, 0.1) is 11.6 Å². The molecule has 0 saturated carbocycles. The van der Waals surface area contributed by atoms with Gasteiger partial charge in [0.25, 0.3) is 0 Å². The molecule has 1 amide bonds. The van der Waals surface area contributed by atoms with Crippen molar-refractivity contribution in [2.24, 2.45) is 0 Å². The zero-order valence-electron chi connectivity index (χ0n) is 15.8. The number of rotatable bonds is 6. The van der Waals surface area contributed by atoms with Gasteiger partial charge in [-0.3, -0.25) is 9.89 Å². The standard InChI is InChI=1S/C22H21F2N3O2/c23-17-5-3-6-19(11-17)29-14-18-12-21(26-25-18)16-8-9-27(13-16)22(28)10-15-4-1-2-7-20(15)24/h1-7,11-12,16H,8-10,13-14H2,(H,25,26)/t16-/m0/s1. The normalized spacial score (nSPS) is 16.2. The van der Waals surface area contributed by atoms with Crippen molar-refractivity contribution in [1.82, 2.24) is 15.1 Å². The maximum absolute atomic E-state index is 13.8. The minimum atomic E-state index is -0.355. The first-order valence-electron chi connectivity index (χ1n) is 9.52. The third kappa shape index (κ3) is 4.62. The van der Waals surface area contributed by atoms with E-state index in [2.05, 4.69) is 10.2 Å². The van der Waals surface area contributed by atoms with Crippen molar-refractivity contribution in [3.63, 3.8) is 0 Å². The van der Waals surface area contributed by atoms with Gasteiger partial charge >= 0.3 is 0 Å². The molecule has 5 nitrogen and oxygen atoms in total. The number of H-pyrrole nitrogens is 1. The zero-order valence-corrected chi connectivity index (χ0v) is 15.8. The molecule has 1 N–H and O–H groups in total. The lowest BCUT2D eigenvalue weighted by Crippen LogP contribution is -2.30. The van der Waals surface area contributed by atoms with Gasteiger partial charge in [-0.05, 0) is 36.2 Å². The molecule has 0 spiro atoms. The van der Waals surface area contributed by atoms with Gasteiger partial charge in [0.15, 0.2) is 0 Å². The van der Waals surface area contributed by atoms with E-state index in [9.17, 15) is 13.6 Å². The number of nitrogens with zero attached hydrogens (tertiary/aromatic N) is 2. The Labute approximate surface area is 167 Å². The first-order valence-corrected chi connectivity index (χ1v) is 9.52. The summed E-state index contributed by atoms with van der Waals surface area (Å²) < 4.78 is 32.6. The number of halogens is 2. The highest BCUT2D eigenvalue weighted by molar-refractivity contribution is 5.79. The molecule has 0 bridgehead atoms. The van der Waals surface area contributed by atoms with Gasteiger partial charge in [-0.2, -0.15) is 5.10 Å². The fourth-order valence-corrected chi connectivity index (χ4v) is 3.53. The molecule has 1 aliphatic heterocycles. The smallest absolute Gasteiger partial charge is 0.227 e. The van der Waals surface area contributed by atoms with Crippen LogP contribution in [-0.4, -0.2) is 34.1 Å². The molecule has 2 heterocycles. The fraction of sp³-hybridized carbons (Fsp3) is 0.273. The van der Waals surface area contributed by atoms with Gasteiger partial charge in [0.2, 0.25) is 5.91 Å². The van der Waals surface area contributed by atoms with Crippen LogP contribution in [0.1, 0.15) is 29.3 Å². The largest absolute Gasteiger partial charge is 0.487 e. The summed E-state index contributed by atoms with van der Waals surface area (Å²) in [5, 5.41) is 7.28. The van der Waals surface area contributed by atoms with Crippen LogP contribution < -0.4 is 4.74 Å². The average Bonchev–Trinajstić information content (AvgIpc) is 3.38. The van der Waals surface area contributed by atoms with Crippen molar-refractivity contribution in [2.45, 2.75) is 25.4 Å². The van der Waals surface area contributed by atoms with Crippen LogP contribution in [0.3, 0.4) is 0 Å². The van der Waals surface area contributed by atoms with Gasteiger partial charge in [-0.1, -0.05) is 24.3 Å². The van der Waals surface area contributed by atoms with E-state index in [1.807, 2.05) is 6.07 Å². The molecule has 2 aromatic carbocycles. The molecule has 1 aliphatic rings. The predicted molar refractivity (Wildman–Crippen MR) is 103 cm³/mol. The van der Waals surface area contributed by atoms with E-state index < -0.39 is 0 Å². The Morgan fingerprint density at radius 2 is 2.03 bits per heavy atom. The van der Waals surface area contributed by atoms with Gasteiger partial charge in [0, 0.05) is 25.1 Å². The molecule has 3 aromatic rings. The van der Waals surface area contributed by atoms with Gasteiger partial charge in [0.05, 0.1) is 17.8 Å². The van der Waals surface area contributed by atoms with Crippen molar-refractivity contribution in [3.8, 4) is 5.75 Å². The molecule has 1 saturated heterocycles. The summed E-state index contributed by atoms with van der Waals surface area (Å²) >= 11 is 0. The molecule has 29 heavy (non-hydrogen) atoms. The third-order valence-corrected chi connectivity index (χ3v) is 5.10. The molecular weight excluding hydrogens is 376 g/mol. The first kappa shape index (κ1) is 19.1. The lowest BCUT2D eigenvalue weighted by Gasteiger charge is -2.16. The summed E-state index contributed by atoms with van der Waals surface area (Å²) in [5.74, 6) is -0.209. The number of amides is 1. The predicted octanol–water partition coefficient (Wildman–Crippen LogP) is 3.83. The van der Waals surface area contributed by atoms with Crippen LogP contribution in [0.5, 0.6) is 5.75 Å². The topological polar surface area (TPSA) is 58.2 Å². The summed E-state index contributed by atoms with van der Waals surface area (Å²) in [5.41, 5.74) is 2.06. The van der Waals surface area contributed by atoms with Crippen LogP contribution in [0.2, 0.25) is 0 Å². The lowest BCUT2D eigenvalue weighted by molar-refractivity contribution is -0.129. The average molecular weight is 397 g/mol. The van der Waals surface area contributed by atoms with Crippen molar-refractivity contribution < 1.29 is 18.3 Å².